The first-order valence-electron chi connectivity index (χ1n) is 8.90. The van der Waals surface area contributed by atoms with E-state index in [0.717, 1.165) is 37.1 Å². The first-order chi connectivity index (χ1) is 11.1. The molecule has 1 unspecified atom stereocenters. The van der Waals surface area contributed by atoms with Crippen molar-refractivity contribution in [1.82, 2.24) is 10.6 Å². The second-order valence-electron chi connectivity index (χ2n) is 7.29. The molecule has 1 fully saturated rings. The molecular formula is C19H29N3O. The number of ether oxygens (including phenoxy) is 1. The van der Waals surface area contributed by atoms with Gasteiger partial charge in [-0.3, -0.25) is 4.99 Å². The average Bonchev–Trinajstić information content (AvgIpc) is 3.30. The van der Waals surface area contributed by atoms with Crippen molar-refractivity contribution < 1.29 is 4.74 Å². The largest absolute Gasteiger partial charge is 0.487 e. The highest BCUT2D eigenvalue weighted by Gasteiger charge is 2.34. The first-order valence-corrected chi connectivity index (χ1v) is 8.90. The van der Waals surface area contributed by atoms with Crippen molar-refractivity contribution in [1.29, 1.82) is 0 Å². The van der Waals surface area contributed by atoms with Crippen molar-refractivity contribution in [2.75, 3.05) is 13.1 Å². The zero-order valence-electron chi connectivity index (χ0n) is 14.6. The molecule has 4 heteroatoms. The number of rotatable bonds is 5. The third-order valence-electron chi connectivity index (χ3n) is 4.54. The second-order valence-corrected chi connectivity index (χ2v) is 7.29. The molecule has 1 aliphatic heterocycles. The van der Waals surface area contributed by atoms with E-state index in [-0.39, 0.29) is 11.6 Å². The fourth-order valence-corrected chi connectivity index (χ4v) is 3.18. The fourth-order valence-electron chi connectivity index (χ4n) is 3.18. The molecule has 0 saturated heterocycles. The fraction of sp³-hybridized carbons (Fsp3) is 0.632. The van der Waals surface area contributed by atoms with Crippen molar-refractivity contribution in [2.24, 2.45) is 10.9 Å². The summed E-state index contributed by atoms with van der Waals surface area (Å²) in [6.45, 7) is 8.20. The highest BCUT2D eigenvalue weighted by molar-refractivity contribution is 5.80. The monoisotopic (exact) mass is 315 g/mol. The molecule has 0 amide bonds. The van der Waals surface area contributed by atoms with Crippen LogP contribution in [0.3, 0.4) is 0 Å². The molecule has 3 rings (SSSR count). The van der Waals surface area contributed by atoms with Gasteiger partial charge in [-0.2, -0.15) is 0 Å². The quantitative estimate of drug-likeness (QED) is 0.644. The van der Waals surface area contributed by atoms with E-state index in [1.54, 1.807) is 0 Å². The molecule has 126 valence electrons. The van der Waals surface area contributed by atoms with Crippen molar-refractivity contribution in [3.8, 4) is 5.75 Å². The van der Waals surface area contributed by atoms with Gasteiger partial charge in [0.15, 0.2) is 5.96 Å². The Balaban J connectivity index is 1.72. The molecule has 0 spiro atoms. The highest BCUT2D eigenvalue weighted by Crippen LogP contribution is 2.39. The lowest BCUT2D eigenvalue weighted by molar-refractivity contribution is 0.0694. The molecule has 0 bridgehead atoms. The number of nitrogens with one attached hydrogen (secondary N) is 2. The number of fused-ring (bicyclic) bond motifs is 1. The lowest BCUT2D eigenvalue weighted by Gasteiger charge is -2.38. The average molecular weight is 315 g/mol. The summed E-state index contributed by atoms with van der Waals surface area (Å²) in [4.78, 5) is 4.76. The molecule has 1 atom stereocenters. The van der Waals surface area contributed by atoms with Crippen LogP contribution in [0.25, 0.3) is 0 Å². The number of para-hydroxylation sites is 1. The summed E-state index contributed by atoms with van der Waals surface area (Å²) in [5.74, 6) is 2.82. The van der Waals surface area contributed by atoms with Gasteiger partial charge in [0.05, 0.1) is 6.04 Å². The number of nitrogens with zero attached hydrogens (tertiary/aromatic N) is 1. The van der Waals surface area contributed by atoms with Gasteiger partial charge in [-0.25, -0.2) is 0 Å². The van der Waals surface area contributed by atoms with E-state index in [9.17, 15) is 0 Å². The van der Waals surface area contributed by atoms with E-state index >= 15 is 0 Å². The number of benzene rings is 1. The molecule has 1 heterocycles. The van der Waals surface area contributed by atoms with Gasteiger partial charge in [0.1, 0.15) is 11.4 Å². The van der Waals surface area contributed by atoms with Crippen LogP contribution in [0.2, 0.25) is 0 Å². The molecule has 1 aromatic carbocycles. The van der Waals surface area contributed by atoms with E-state index in [1.165, 1.54) is 24.8 Å². The number of hydrogen-bond donors (Lipinski definition) is 2. The maximum atomic E-state index is 6.11. The summed E-state index contributed by atoms with van der Waals surface area (Å²) in [7, 11) is 0. The minimum absolute atomic E-state index is 0.169. The smallest absolute Gasteiger partial charge is 0.191 e. The topological polar surface area (TPSA) is 45.7 Å². The van der Waals surface area contributed by atoms with E-state index in [0.29, 0.717) is 0 Å². The zero-order valence-corrected chi connectivity index (χ0v) is 14.6. The number of aliphatic imine (C=N–C) groups is 1. The summed E-state index contributed by atoms with van der Waals surface area (Å²) < 4.78 is 6.11. The molecule has 2 N–H and O–H groups in total. The van der Waals surface area contributed by atoms with Gasteiger partial charge >= 0.3 is 0 Å². The molecule has 23 heavy (non-hydrogen) atoms. The molecule has 0 radical (unpaired) electrons. The van der Waals surface area contributed by atoms with Crippen molar-refractivity contribution >= 4 is 5.96 Å². The summed E-state index contributed by atoms with van der Waals surface area (Å²) >= 11 is 0. The Morgan fingerprint density at radius 1 is 1.30 bits per heavy atom. The van der Waals surface area contributed by atoms with Gasteiger partial charge in [0.2, 0.25) is 0 Å². The van der Waals surface area contributed by atoms with Crippen molar-refractivity contribution in [2.45, 2.75) is 58.1 Å². The molecule has 0 aromatic heterocycles. The predicted octanol–water partition coefficient (Wildman–Crippen LogP) is 3.64. The minimum atomic E-state index is -0.169. The van der Waals surface area contributed by atoms with Crippen LogP contribution in [0.4, 0.5) is 0 Å². The van der Waals surface area contributed by atoms with Crippen LogP contribution in [0.1, 0.15) is 58.1 Å². The van der Waals surface area contributed by atoms with E-state index < -0.39 is 0 Å². The minimum Gasteiger partial charge on any atom is -0.487 e. The van der Waals surface area contributed by atoms with Crippen LogP contribution >= 0.6 is 0 Å². The van der Waals surface area contributed by atoms with Crippen molar-refractivity contribution in [3.05, 3.63) is 29.8 Å². The molecule has 1 aromatic rings. The summed E-state index contributed by atoms with van der Waals surface area (Å²) in [5.41, 5.74) is 1.05. The van der Waals surface area contributed by atoms with E-state index in [4.69, 9.17) is 9.73 Å². The molecule has 4 nitrogen and oxygen atoms in total. The van der Waals surface area contributed by atoms with Crippen LogP contribution < -0.4 is 15.4 Å². The van der Waals surface area contributed by atoms with Crippen LogP contribution in [-0.4, -0.2) is 24.7 Å². The van der Waals surface area contributed by atoms with Crippen molar-refractivity contribution in [3.63, 3.8) is 0 Å². The Morgan fingerprint density at radius 3 is 2.83 bits per heavy atom. The zero-order chi connectivity index (χ0) is 16.3. The van der Waals surface area contributed by atoms with E-state index in [2.05, 4.69) is 49.6 Å². The molecule has 1 aliphatic carbocycles. The summed E-state index contributed by atoms with van der Waals surface area (Å²) in [5, 5.41) is 7.00. The maximum Gasteiger partial charge on any atom is 0.191 e. The summed E-state index contributed by atoms with van der Waals surface area (Å²) in [6.07, 6.45) is 4.92. The standard InChI is InChI=1S/C19H29N3O/c1-4-20-18(21-12-11-14-9-10-14)22-16-13-19(2,3)23-17-8-6-5-7-15(16)17/h5-8,14,16H,4,9-13H2,1-3H3,(H2,20,21,22). The lowest BCUT2D eigenvalue weighted by atomic mass is 9.90. The van der Waals surface area contributed by atoms with Gasteiger partial charge < -0.3 is 15.4 Å². The lowest BCUT2D eigenvalue weighted by Crippen LogP contribution is -2.45. The van der Waals surface area contributed by atoms with Gasteiger partial charge in [-0.15, -0.1) is 0 Å². The molecular weight excluding hydrogens is 286 g/mol. The SMILES string of the molecule is CCNC(=NCCC1CC1)NC1CC(C)(C)Oc2ccccc21. The summed E-state index contributed by atoms with van der Waals surface area (Å²) in [6, 6.07) is 8.55. The first kappa shape index (κ1) is 16.2. The Labute approximate surface area is 139 Å². The molecule has 1 saturated carbocycles. The molecule has 2 aliphatic rings. The van der Waals surface area contributed by atoms with Crippen LogP contribution in [0, 0.1) is 5.92 Å². The third-order valence-corrected chi connectivity index (χ3v) is 4.54. The number of hydrogen-bond acceptors (Lipinski definition) is 2. The van der Waals surface area contributed by atoms with Crippen LogP contribution in [0.5, 0.6) is 5.75 Å². The Kier molecular flexibility index (Phi) is 4.79. The highest BCUT2D eigenvalue weighted by atomic mass is 16.5. The Bertz CT molecular complexity index is 563. The maximum absolute atomic E-state index is 6.11. The Hall–Kier alpha value is -1.71. The number of guanidine groups is 1. The van der Waals surface area contributed by atoms with Gasteiger partial charge in [0.25, 0.3) is 0 Å². The van der Waals surface area contributed by atoms with Gasteiger partial charge in [0, 0.05) is 25.1 Å². The van der Waals surface area contributed by atoms with Gasteiger partial charge in [-0.1, -0.05) is 31.0 Å². The Morgan fingerprint density at radius 2 is 2.09 bits per heavy atom. The predicted molar refractivity (Wildman–Crippen MR) is 95.0 cm³/mol. The van der Waals surface area contributed by atoms with Gasteiger partial charge in [-0.05, 0) is 39.2 Å². The third kappa shape index (κ3) is 4.40. The van der Waals surface area contributed by atoms with Crippen LogP contribution in [0.15, 0.2) is 29.3 Å². The second kappa shape index (κ2) is 6.81. The van der Waals surface area contributed by atoms with E-state index in [1.807, 2.05) is 6.07 Å². The van der Waals surface area contributed by atoms with Crippen LogP contribution in [-0.2, 0) is 0 Å². The normalized spacial score (nSPS) is 22.9.